The summed E-state index contributed by atoms with van der Waals surface area (Å²) in [6.45, 7) is 4.92. The summed E-state index contributed by atoms with van der Waals surface area (Å²) < 4.78 is 136. The average Bonchev–Trinajstić information content (AvgIpc) is 3.84. The zero-order chi connectivity index (χ0) is 46.9. The standard InChI is InChI=1S/C42H41ClF7N9O5S/c1-20-17-56(18-21(2)64-20)27-7-8-28-30(15-27)51-39(58(41(28)61)32-10-9-29(43)36-37(32)57(19-35(46)47)54-38(36)55-65(4,62)63)31(13-23-11-25(44)14-26(45)12-23)52-40(60)22(3)59-33(24-5-6-24)16-34(53-59)42(48,49)50/h7-12,14-16,20-22,24,31,35H,5-6,13,17-19H2,1-4H3,(H,52,60)(H,54,55)/t20-,21+,22?,31-/m0/s1. The zero-order valence-electron chi connectivity index (χ0n) is 35.0. The third-order valence-corrected chi connectivity index (χ3v) is 12.0. The summed E-state index contributed by atoms with van der Waals surface area (Å²) in [5.41, 5.74) is -1.71. The third-order valence-electron chi connectivity index (χ3n) is 11.1. The van der Waals surface area contributed by atoms with Gasteiger partial charge in [0.25, 0.3) is 12.0 Å². The van der Waals surface area contributed by atoms with Gasteiger partial charge in [0.1, 0.15) is 30.0 Å². The summed E-state index contributed by atoms with van der Waals surface area (Å²) in [5.74, 6) is -3.99. The summed E-state index contributed by atoms with van der Waals surface area (Å²) in [4.78, 5) is 36.6. The Hall–Kier alpha value is -5.74. The first-order valence-corrected chi connectivity index (χ1v) is 22.7. The van der Waals surface area contributed by atoms with E-state index < -0.39 is 82.3 Å². The lowest BCUT2D eigenvalue weighted by Gasteiger charge is -2.37. The second-order valence-corrected chi connectivity index (χ2v) is 18.6. The number of halogens is 8. The molecule has 2 N–H and O–H groups in total. The van der Waals surface area contributed by atoms with Crippen LogP contribution in [0.5, 0.6) is 0 Å². The van der Waals surface area contributed by atoms with Gasteiger partial charge in [-0.3, -0.25) is 28.2 Å². The van der Waals surface area contributed by atoms with Crippen LogP contribution >= 0.6 is 11.6 Å². The molecule has 1 saturated carbocycles. The molecule has 1 saturated heterocycles. The number of rotatable bonds is 13. The van der Waals surface area contributed by atoms with E-state index in [-0.39, 0.29) is 67.7 Å². The molecule has 1 aliphatic carbocycles. The maximum Gasteiger partial charge on any atom is 0.435 e. The summed E-state index contributed by atoms with van der Waals surface area (Å²) in [6.07, 6.45) is -6.82. The van der Waals surface area contributed by atoms with Crippen molar-refractivity contribution in [2.24, 2.45) is 0 Å². The molecule has 14 nitrogen and oxygen atoms in total. The van der Waals surface area contributed by atoms with Gasteiger partial charge in [-0.05, 0) is 87.7 Å². The Morgan fingerprint density at radius 2 is 1.66 bits per heavy atom. The summed E-state index contributed by atoms with van der Waals surface area (Å²) in [7, 11) is -4.10. The number of aromatic nitrogens is 6. The van der Waals surface area contributed by atoms with Crippen LogP contribution in [0.15, 0.2) is 59.4 Å². The number of ether oxygens (including phenoxy) is 1. The molecule has 1 amide bonds. The minimum Gasteiger partial charge on any atom is -0.372 e. The van der Waals surface area contributed by atoms with E-state index in [9.17, 15) is 43.9 Å². The van der Waals surface area contributed by atoms with Crippen LogP contribution in [0.1, 0.15) is 74.4 Å². The zero-order valence-corrected chi connectivity index (χ0v) is 36.6. The van der Waals surface area contributed by atoms with Crippen molar-refractivity contribution in [3.8, 4) is 5.69 Å². The molecule has 3 aromatic heterocycles. The maximum absolute atomic E-state index is 15.2. The van der Waals surface area contributed by atoms with Gasteiger partial charge in [0.2, 0.25) is 15.9 Å². The lowest BCUT2D eigenvalue weighted by atomic mass is 10.0. The van der Waals surface area contributed by atoms with Crippen molar-refractivity contribution in [2.75, 3.05) is 29.0 Å². The first kappa shape index (κ1) is 45.8. The van der Waals surface area contributed by atoms with Gasteiger partial charge in [-0.25, -0.2) is 31.0 Å². The van der Waals surface area contributed by atoms with Gasteiger partial charge in [0.05, 0.1) is 57.0 Å². The molecular formula is C42H41ClF7N9O5S. The number of nitrogens with zero attached hydrogens (tertiary/aromatic N) is 7. The first-order chi connectivity index (χ1) is 30.5. The van der Waals surface area contributed by atoms with E-state index in [1.807, 2.05) is 18.7 Å². The summed E-state index contributed by atoms with van der Waals surface area (Å²) >= 11 is 6.62. The minimum absolute atomic E-state index is 0.00935. The van der Waals surface area contributed by atoms with Crippen LogP contribution in [0, 0.1) is 11.6 Å². The Kier molecular flexibility index (Phi) is 12.2. The maximum atomic E-state index is 15.2. The fourth-order valence-corrected chi connectivity index (χ4v) is 9.05. The molecule has 0 radical (unpaired) electrons. The Labute approximate surface area is 371 Å². The molecule has 2 aliphatic rings. The highest BCUT2D eigenvalue weighted by atomic mass is 35.5. The molecule has 65 heavy (non-hydrogen) atoms. The lowest BCUT2D eigenvalue weighted by Crippen LogP contribution is -2.45. The van der Waals surface area contributed by atoms with Gasteiger partial charge in [0.15, 0.2) is 11.5 Å². The number of morpholine rings is 1. The minimum atomic E-state index is -4.84. The average molecular weight is 952 g/mol. The van der Waals surface area contributed by atoms with E-state index in [0.29, 0.717) is 37.7 Å². The predicted molar refractivity (Wildman–Crippen MR) is 227 cm³/mol. The smallest absolute Gasteiger partial charge is 0.372 e. The number of hydrogen-bond acceptors (Lipinski definition) is 9. The molecule has 23 heteroatoms. The van der Waals surface area contributed by atoms with Gasteiger partial charge >= 0.3 is 6.18 Å². The van der Waals surface area contributed by atoms with Crippen LogP contribution in [0.4, 0.5) is 42.2 Å². The topological polar surface area (TPSA) is 158 Å². The summed E-state index contributed by atoms with van der Waals surface area (Å²) in [6, 6.07) is 7.80. The number of hydrogen-bond donors (Lipinski definition) is 2. The number of alkyl halides is 5. The number of amides is 1. The quantitative estimate of drug-likeness (QED) is 0.111. The molecule has 0 bridgehead atoms. The van der Waals surface area contributed by atoms with Gasteiger partial charge in [-0.2, -0.15) is 23.4 Å². The summed E-state index contributed by atoms with van der Waals surface area (Å²) in [5, 5.41) is 10.3. The van der Waals surface area contributed by atoms with Crippen LogP contribution < -0.4 is 20.5 Å². The second-order valence-electron chi connectivity index (χ2n) is 16.5. The van der Waals surface area contributed by atoms with Crippen molar-refractivity contribution in [1.29, 1.82) is 0 Å². The van der Waals surface area contributed by atoms with Crippen molar-refractivity contribution in [3.63, 3.8) is 0 Å². The molecule has 8 rings (SSSR count). The van der Waals surface area contributed by atoms with E-state index >= 15 is 4.79 Å². The fraction of sp³-hybridized carbons (Fsp3) is 0.405. The second kappa shape index (κ2) is 17.2. The Balaban J connectivity index is 1.38. The van der Waals surface area contributed by atoms with Gasteiger partial charge in [-0.1, -0.05) is 11.6 Å². The monoisotopic (exact) mass is 951 g/mol. The SMILES string of the molecule is CC(C(=O)N[C@@H](Cc1cc(F)cc(F)c1)c1nc2cc(N3C[C@@H](C)O[C@@H](C)C3)ccc2c(=O)n1-c1ccc(Cl)c2c(NS(C)(=O)=O)nn(CC(F)F)c12)n1nc(C(F)(F)F)cc1C1CC1. The van der Waals surface area contributed by atoms with E-state index in [1.54, 1.807) is 12.1 Å². The molecule has 3 aromatic carbocycles. The fourth-order valence-electron chi connectivity index (χ4n) is 8.31. The molecule has 4 heterocycles. The van der Waals surface area contributed by atoms with Gasteiger partial charge in [0, 0.05) is 42.9 Å². The van der Waals surface area contributed by atoms with Crippen LogP contribution in [0.25, 0.3) is 27.5 Å². The van der Waals surface area contributed by atoms with Crippen molar-refractivity contribution in [2.45, 2.75) is 89.4 Å². The Morgan fingerprint density at radius 1 is 0.985 bits per heavy atom. The van der Waals surface area contributed by atoms with Gasteiger partial charge < -0.3 is 15.0 Å². The number of carbonyl (C=O) groups excluding carboxylic acids is 1. The molecular weight excluding hydrogens is 911 g/mol. The molecule has 1 unspecified atom stereocenters. The van der Waals surface area contributed by atoms with Crippen LogP contribution in [0.2, 0.25) is 5.02 Å². The van der Waals surface area contributed by atoms with Gasteiger partial charge in [-0.15, -0.1) is 0 Å². The van der Waals surface area contributed by atoms with Crippen LogP contribution in [-0.4, -0.2) is 81.4 Å². The van der Waals surface area contributed by atoms with Crippen molar-refractivity contribution >= 4 is 60.8 Å². The van der Waals surface area contributed by atoms with E-state index in [0.717, 1.165) is 38.4 Å². The third kappa shape index (κ3) is 9.65. The lowest BCUT2D eigenvalue weighted by molar-refractivity contribution is -0.142. The normalized spacial score (nSPS) is 18.1. The number of anilines is 2. The molecule has 6 aromatic rings. The molecule has 4 atom stereocenters. The first-order valence-electron chi connectivity index (χ1n) is 20.4. The number of nitrogens with one attached hydrogen (secondary N) is 2. The predicted octanol–water partition coefficient (Wildman–Crippen LogP) is 7.67. The van der Waals surface area contributed by atoms with Crippen molar-refractivity contribution in [1.82, 2.24) is 34.4 Å². The van der Waals surface area contributed by atoms with Crippen LogP contribution in [0.3, 0.4) is 0 Å². The van der Waals surface area contributed by atoms with Crippen molar-refractivity contribution in [3.05, 3.63) is 104 Å². The van der Waals surface area contributed by atoms with E-state index in [4.69, 9.17) is 21.3 Å². The molecule has 346 valence electrons. The molecule has 2 fully saturated rings. The molecule has 1 aliphatic heterocycles. The van der Waals surface area contributed by atoms with E-state index in [2.05, 4.69) is 20.2 Å². The number of sulfonamides is 1. The highest BCUT2D eigenvalue weighted by Gasteiger charge is 2.40. The molecule has 0 spiro atoms. The van der Waals surface area contributed by atoms with E-state index in [1.165, 1.54) is 25.1 Å². The number of benzene rings is 3. The highest BCUT2D eigenvalue weighted by molar-refractivity contribution is 7.92. The Morgan fingerprint density at radius 3 is 2.28 bits per heavy atom. The highest BCUT2D eigenvalue weighted by Crippen LogP contribution is 2.43. The largest absolute Gasteiger partial charge is 0.435 e. The van der Waals surface area contributed by atoms with Crippen LogP contribution in [-0.2, 0) is 38.7 Å². The van der Waals surface area contributed by atoms with Crippen molar-refractivity contribution < 1.29 is 48.7 Å². The number of fused-ring (bicyclic) bond motifs is 2. The number of carbonyl (C=O) groups is 1. The Bertz CT molecular complexity index is 2980.